The van der Waals surface area contributed by atoms with Gasteiger partial charge in [0.1, 0.15) is 11.9 Å². The number of ketones is 1. The van der Waals surface area contributed by atoms with Gasteiger partial charge >= 0.3 is 11.9 Å². The summed E-state index contributed by atoms with van der Waals surface area (Å²) in [6, 6.07) is 0. The number of hydrogen-bond donors (Lipinski definition) is 1. The minimum atomic E-state index is -0.851. The molecule has 11 atom stereocenters. The summed E-state index contributed by atoms with van der Waals surface area (Å²) in [5.41, 5.74) is 0.209. The van der Waals surface area contributed by atoms with Crippen molar-refractivity contribution in [3.8, 4) is 0 Å². The van der Waals surface area contributed by atoms with Crippen molar-refractivity contribution in [3.63, 3.8) is 0 Å². The van der Waals surface area contributed by atoms with Crippen LogP contribution in [-0.4, -0.2) is 28.9 Å². The summed E-state index contributed by atoms with van der Waals surface area (Å²) in [7, 11) is 0. The molecule has 5 rings (SSSR count). The summed E-state index contributed by atoms with van der Waals surface area (Å²) >= 11 is 0. The zero-order valence-electron chi connectivity index (χ0n) is 28.9. The summed E-state index contributed by atoms with van der Waals surface area (Å²) in [5.74, 6) is 1.86. The number of ether oxygens (including phenoxy) is 1. The number of rotatable bonds is 8. The van der Waals surface area contributed by atoms with Crippen LogP contribution >= 0.6 is 0 Å². The van der Waals surface area contributed by atoms with Crippen molar-refractivity contribution in [2.24, 2.45) is 68.5 Å². The highest BCUT2D eigenvalue weighted by Crippen LogP contribution is 2.77. The van der Waals surface area contributed by atoms with Gasteiger partial charge in [-0.1, -0.05) is 62.3 Å². The number of carbonyl (C=O) groups excluding carboxylic acids is 2. The molecule has 0 aromatic rings. The Labute approximate surface area is 262 Å². The zero-order valence-corrected chi connectivity index (χ0v) is 28.9. The number of esters is 1. The lowest BCUT2D eigenvalue weighted by molar-refractivity contribution is -0.250. The van der Waals surface area contributed by atoms with Gasteiger partial charge in [-0.05, 0) is 122 Å². The lowest BCUT2D eigenvalue weighted by atomic mass is 9.32. The molecule has 5 saturated carbocycles. The molecule has 5 aliphatic rings. The average Bonchev–Trinajstić information content (AvgIpc) is 3.32. The maximum atomic E-state index is 14.2. The second kappa shape index (κ2) is 11.1. The number of carboxylic acid groups (broad SMARTS) is 1. The summed E-state index contributed by atoms with van der Waals surface area (Å²) in [4.78, 5) is 38.5. The van der Waals surface area contributed by atoms with E-state index < -0.39 is 11.9 Å². The minimum Gasteiger partial charge on any atom is -0.481 e. The SMILES string of the molecule is CCCC(=O)O[C@@H]1CC[C@@]2(C)C(CC[C@]3(C)C2CCC2C4[C@H](C(C)C)CC[C@]4(C(=O)C[C@H](C)C(=O)O)CC[C@]23C)C1(C)C. The third-order valence-corrected chi connectivity index (χ3v) is 15.5. The largest absolute Gasteiger partial charge is 0.481 e. The standard InChI is InChI=1S/C38H62O5/c1-10-11-31(40)43-30-16-17-35(7)27(34(30,5)6)15-18-37(9)28(35)13-12-26-32-25(23(2)3)14-19-38(32,21-20-36(26,37)8)29(39)22-24(4)33(41)42/h23-28,30,32H,10-22H2,1-9H3,(H,41,42)/t24-,25-,26?,27?,28?,30+,32?,35-,36+,37+,38+/m0/s1. The van der Waals surface area contributed by atoms with E-state index in [0.29, 0.717) is 41.9 Å². The van der Waals surface area contributed by atoms with Crippen molar-refractivity contribution in [1.82, 2.24) is 0 Å². The Morgan fingerprint density at radius 2 is 1.51 bits per heavy atom. The van der Waals surface area contributed by atoms with E-state index in [1.165, 1.54) is 25.7 Å². The zero-order chi connectivity index (χ0) is 31.8. The van der Waals surface area contributed by atoms with Crippen LogP contribution in [0.5, 0.6) is 0 Å². The smallest absolute Gasteiger partial charge is 0.306 e. The van der Waals surface area contributed by atoms with Crippen LogP contribution in [0, 0.1) is 68.5 Å². The Hall–Kier alpha value is -1.39. The lowest BCUT2D eigenvalue weighted by Gasteiger charge is -2.73. The van der Waals surface area contributed by atoms with Crippen LogP contribution < -0.4 is 0 Å². The van der Waals surface area contributed by atoms with Gasteiger partial charge in [0.2, 0.25) is 0 Å². The van der Waals surface area contributed by atoms with Crippen molar-refractivity contribution in [1.29, 1.82) is 0 Å². The third kappa shape index (κ3) is 4.77. The first-order valence-corrected chi connectivity index (χ1v) is 17.9. The highest BCUT2D eigenvalue weighted by Gasteiger charge is 2.72. The highest BCUT2D eigenvalue weighted by molar-refractivity contribution is 5.89. The van der Waals surface area contributed by atoms with E-state index in [9.17, 15) is 19.5 Å². The van der Waals surface area contributed by atoms with Crippen molar-refractivity contribution in [2.75, 3.05) is 0 Å². The van der Waals surface area contributed by atoms with Crippen LogP contribution in [-0.2, 0) is 19.1 Å². The lowest BCUT2D eigenvalue weighted by Crippen LogP contribution is -2.67. The van der Waals surface area contributed by atoms with Crippen LogP contribution in [0.25, 0.3) is 0 Å². The Kier molecular flexibility index (Phi) is 8.55. The maximum Gasteiger partial charge on any atom is 0.306 e. The molecule has 0 amide bonds. The van der Waals surface area contributed by atoms with E-state index in [0.717, 1.165) is 44.9 Å². The van der Waals surface area contributed by atoms with Crippen LogP contribution in [0.3, 0.4) is 0 Å². The highest BCUT2D eigenvalue weighted by atomic mass is 16.5. The van der Waals surface area contributed by atoms with Gasteiger partial charge < -0.3 is 9.84 Å². The van der Waals surface area contributed by atoms with E-state index in [1.807, 2.05) is 6.92 Å². The van der Waals surface area contributed by atoms with Crippen molar-refractivity contribution >= 4 is 17.7 Å². The molecule has 5 nitrogen and oxygen atoms in total. The molecule has 5 aliphatic carbocycles. The first kappa shape index (κ1) is 33.0. The van der Waals surface area contributed by atoms with E-state index in [2.05, 4.69) is 48.5 Å². The summed E-state index contributed by atoms with van der Waals surface area (Å²) < 4.78 is 6.16. The number of fused-ring (bicyclic) bond motifs is 7. The van der Waals surface area contributed by atoms with E-state index in [1.54, 1.807) is 6.92 Å². The van der Waals surface area contributed by atoms with Crippen LogP contribution in [0.1, 0.15) is 146 Å². The Bertz CT molecular complexity index is 1110. The molecule has 0 heterocycles. The van der Waals surface area contributed by atoms with Gasteiger partial charge in [0.15, 0.2) is 0 Å². The molecule has 0 bridgehead atoms. The monoisotopic (exact) mass is 598 g/mol. The van der Waals surface area contributed by atoms with Gasteiger partial charge in [-0.25, -0.2) is 0 Å². The van der Waals surface area contributed by atoms with Gasteiger partial charge in [-0.3, -0.25) is 14.4 Å². The number of carbonyl (C=O) groups is 3. The van der Waals surface area contributed by atoms with Gasteiger partial charge in [0, 0.05) is 23.7 Å². The average molecular weight is 599 g/mol. The van der Waals surface area contributed by atoms with Crippen LogP contribution in [0.2, 0.25) is 0 Å². The summed E-state index contributed by atoms with van der Waals surface area (Å²) in [5, 5.41) is 9.66. The third-order valence-electron chi connectivity index (χ3n) is 15.5. The number of Topliss-reactive ketones (excluding diaryl/α,β-unsaturated/α-hetero) is 1. The van der Waals surface area contributed by atoms with Crippen LogP contribution in [0.15, 0.2) is 0 Å². The maximum absolute atomic E-state index is 14.2. The predicted octanol–water partition coefficient (Wildman–Crippen LogP) is 9.12. The normalized spacial score (nSPS) is 45.7. The Morgan fingerprint density at radius 1 is 0.814 bits per heavy atom. The molecule has 0 saturated heterocycles. The molecule has 5 fully saturated rings. The van der Waals surface area contributed by atoms with E-state index >= 15 is 0 Å². The molecule has 244 valence electrons. The number of carboxylic acids is 1. The van der Waals surface area contributed by atoms with Crippen molar-refractivity contribution in [2.45, 2.75) is 152 Å². The molecular weight excluding hydrogens is 536 g/mol. The van der Waals surface area contributed by atoms with Crippen molar-refractivity contribution < 1.29 is 24.2 Å². The first-order chi connectivity index (χ1) is 20.0. The fourth-order valence-corrected chi connectivity index (χ4v) is 13.0. The topological polar surface area (TPSA) is 80.7 Å². The van der Waals surface area contributed by atoms with Gasteiger partial charge in [-0.2, -0.15) is 0 Å². The van der Waals surface area contributed by atoms with Crippen molar-refractivity contribution in [3.05, 3.63) is 0 Å². The Morgan fingerprint density at radius 3 is 2.14 bits per heavy atom. The molecule has 1 N–H and O–H groups in total. The Balaban J connectivity index is 1.47. The molecular formula is C38H62O5. The summed E-state index contributed by atoms with van der Waals surface area (Å²) in [6.45, 7) is 21.0. The quantitative estimate of drug-likeness (QED) is 0.282. The predicted molar refractivity (Wildman–Crippen MR) is 170 cm³/mol. The number of aliphatic carboxylic acids is 1. The molecule has 43 heavy (non-hydrogen) atoms. The number of hydrogen-bond acceptors (Lipinski definition) is 4. The fraction of sp³-hybridized carbons (Fsp3) is 0.921. The van der Waals surface area contributed by atoms with Gasteiger partial charge in [-0.15, -0.1) is 0 Å². The summed E-state index contributed by atoms with van der Waals surface area (Å²) in [6.07, 6.45) is 12.5. The first-order valence-electron chi connectivity index (χ1n) is 17.9. The molecule has 0 aromatic carbocycles. The fourth-order valence-electron chi connectivity index (χ4n) is 13.0. The molecule has 5 heteroatoms. The molecule has 4 unspecified atom stereocenters. The van der Waals surface area contributed by atoms with E-state index in [-0.39, 0.29) is 51.4 Å². The molecule has 0 aromatic heterocycles. The molecule has 0 radical (unpaired) electrons. The second-order valence-corrected chi connectivity index (χ2v) is 17.8. The minimum absolute atomic E-state index is 0.000647. The van der Waals surface area contributed by atoms with Crippen LogP contribution in [0.4, 0.5) is 0 Å². The van der Waals surface area contributed by atoms with E-state index in [4.69, 9.17) is 4.74 Å². The molecule has 0 spiro atoms. The molecule has 0 aliphatic heterocycles. The van der Waals surface area contributed by atoms with Gasteiger partial charge in [0.05, 0.1) is 5.92 Å². The second-order valence-electron chi connectivity index (χ2n) is 17.8. The van der Waals surface area contributed by atoms with Gasteiger partial charge in [0.25, 0.3) is 0 Å².